The van der Waals surface area contributed by atoms with Crippen molar-refractivity contribution < 1.29 is 9.18 Å². The van der Waals surface area contributed by atoms with E-state index in [0.29, 0.717) is 25.1 Å². The summed E-state index contributed by atoms with van der Waals surface area (Å²) >= 11 is 12.3. The minimum Gasteiger partial charge on any atom is -0.294 e. The maximum Gasteiger partial charge on any atom is 0.168 e. The number of ketones is 1. The summed E-state index contributed by atoms with van der Waals surface area (Å²) in [7, 11) is 0. The molecule has 0 aromatic heterocycles. The molecule has 2 rings (SSSR count). The zero-order valence-electron chi connectivity index (χ0n) is 9.59. The van der Waals surface area contributed by atoms with E-state index in [1.807, 2.05) is 0 Å². The van der Waals surface area contributed by atoms with Crippen LogP contribution in [0.2, 0.25) is 5.02 Å². The van der Waals surface area contributed by atoms with Crippen molar-refractivity contribution in [2.24, 2.45) is 0 Å². The van der Waals surface area contributed by atoms with Crippen LogP contribution in [-0.4, -0.2) is 5.78 Å². The molecule has 5 heteroatoms. The van der Waals surface area contributed by atoms with E-state index in [-0.39, 0.29) is 12.2 Å². The van der Waals surface area contributed by atoms with Gasteiger partial charge in [-0.2, -0.15) is 0 Å². The Labute approximate surface area is 132 Å². The topological polar surface area (TPSA) is 17.1 Å². The molecule has 0 aliphatic rings. The van der Waals surface area contributed by atoms with Crippen LogP contribution in [0.4, 0.5) is 4.39 Å². The number of carbonyl (C=O) groups is 1. The van der Waals surface area contributed by atoms with Gasteiger partial charge in [-0.05, 0) is 51.8 Å². The Kier molecular flexibility index (Phi) is 4.76. The highest BCUT2D eigenvalue weighted by atomic mass is 79.9. The van der Waals surface area contributed by atoms with Crippen molar-refractivity contribution in [1.82, 2.24) is 0 Å². The normalized spacial score (nSPS) is 10.5. The van der Waals surface area contributed by atoms with E-state index in [1.54, 1.807) is 30.3 Å². The van der Waals surface area contributed by atoms with Crippen LogP contribution in [-0.2, 0) is 6.42 Å². The second-order valence-corrected chi connectivity index (χ2v) is 6.17. The summed E-state index contributed by atoms with van der Waals surface area (Å²) < 4.78 is 14.9. The third-order valence-electron chi connectivity index (χ3n) is 2.60. The molecule has 0 aliphatic heterocycles. The first-order chi connectivity index (χ1) is 8.97. The molecule has 2 aromatic rings. The Bertz CT molecular complexity index is 643. The van der Waals surface area contributed by atoms with Crippen LogP contribution >= 0.6 is 43.5 Å². The van der Waals surface area contributed by atoms with Crippen molar-refractivity contribution in [3.05, 3.63) is 67.3 Å². The number of Topliss-reactive ketones (excluding diaryl/α,β-unsaturated/α-hetero) is 1. The fourth-order valence-corrected chi connectivity index (χ4v) is 2.89. The predicted octanol–water partition coefficient (Wildman–Crippen LogP) is 5.43. The first-order valence-electron chi connectivity index (χ1n) is 5.39. The second-order valence-electron chi connectivity index (χ2n) is 3.96. The molecule has 0 fully saturated rings. The molecule has 0 saturated heterocycles. The van der Waals surface area contributed by atoms with Crippen LogP contribution in [0, 0.1) is 5.82 Å². The van der Waals surface area contributed by atoms with E-state index in [2.05, 4.69) is 31.9 Å². The Hall–Kier alpha value is -0.710. The third kappa shape index (κ3) is 3.65. The molecule has 0 spiro atoms. The molecule has 1 nitrogen and oxygen atoms in total. The Balaban J connectivity index is 2.25. The predicted molar refractivity (Wildman–Crippen MR) is 81.3 cm³/mol. The van der Waals surface area contributed by atoms with Gasteiger partial charge in [0.1, 0.15) is 5.82 Å². The van der Waals surface area contributed by atoms with Gasteiger partial charge >= 0.3 is 0 Å². The smallest absolute Gasteiger partial charge is 0.168 e. The molecule has 2 aromatic carbocycles. The summed E-state index contributed by atoms with van der Waals surface area (Å²) in [4.78, 5) is 12.1. The fourth-order valence-electron chi connectivity index (χ4n) is 1.65. The summed E-state index contributed by atoms with van der Waals surface area (Å²) in [6.45, 7) is 0. The molecule has 0 unspecified atom stereocenters. The Morgan fingerprint density at radius 3 is 2.53 bits per heavy atom. The molecule has 0 amide bonds. The highest BCUT2D eigenvalue weighted by Gasteiger charge is 2.13. The first kappa shape index (κ1) is 14.7. The van der Waals surface area contributed by atoms with Gasteiger partial charge in [-0.1, -0.05) is 33.6 Å². The van der Waals surface area contributed by atoms with E-state index < -0.39 is 5.82 Å². The van der Waals surface area contributed by atoms with Gasteiger partial charge in [0, 0.05) is 26.0 Å². The van der Waals surface area contributed by atoms with Crippen molar-refractivity contribution in [2.45, 2.75) is 6.42 Å². The van der Waals surface area contributed by atoms with Crippen LogP contribution in [0.3, 0.4) is 0 Å². The zero-order valence-corrected chi connectivity index (χ0v) is 13.5. The molecule has 0 radical (unpaired) electrons. The Morgan fingerprint density at radius 1 is 1.16 bits per heavy atom. The fraction of sp³-hybridized carbons (Fsp3) is 0.0714. The lowest BCUT2D eigenvalue weighted by atomic mass is 10.0. The van der Waals surface area contributed by atoms with Gasteiger partial charge in [0.25, 0.3) is 0 Å². The van der Waals surface area contributed by atoms with Gasteiger partial charge in [-0.25, -0.2) is 4.39 Å². The molecule has 0 N–H and O–H groups in total. The number of carbonyl (C=O) groups excluding carboxylic acids is 1. The van der Waals surface area contributed by atoms with E-state index in [1.165, 1.54) is 6.07 Å². The Morgan fingerprint density at radius 2 is 1.89 bits per heavy atom. The molecule has 98 valence electrons. The number of hydrogen-bond acceptors (Lipinski definition) is 1. The lowest BCUT2D eigenvalue weighted by molar-refractivity contribution is 0.0991. The van der Waals surface area contributed by atoms with Crippen LogP contribution in [0.5, 0.6) is 0 Å². The van der Waals surface area contributed by atoms with Gasteiger partial charge in [0.2, 0.25) is 0 Å². The van der Waals surface area contributed by atoms with E-state index >= 15 is 0 Å². The molecule has 0 aliphatic carbocycles. The van der Waals surface area contributed by atoms with E-state index in [9.17, 15) is 9.18 Å². The minimum absolute atomic E-state index is 0.0132. The summed E-state index contributed by atoms with van der Waals surface area (Å²) in [5, 5.41) is 0.540. The monoisotopic (exact) mass is 404 g/mol. The molecular weight excluding hydrogens is 398 g/mol. The molecule has 19 heavy (non-hydrogen) atoms. The number of halogens is 4. The number of hydrogen-bond donors (Lipinski definition) is 0. The summed E-state index contributed by atoms with van der Waals surface area (Å²) in [6.07, 6.45) is 0.0132. The van der Waals surface area contributed by atoms with Crippen LogP contribution in [0.15, 0.2) is 45.3 Å². The van der Waals surface area contributed by atoms with Crippen LogP contribution < -0.4 is 0 Å². The van der Waals surface area contributed by atoms with Gasteiger partial charge in [0.05, 0.1) is 0 Å². The second kappa shape index (κ2) is 6.16. The van der Waals surface area contributed by atoms with Crippen molar-refractivity contribution in [3.8, 4) is 0 Å². The molecule has 0 bridgehead atoms. The maximum atomic E-state index is 13.7. The third-order valence-corrected chi connectivity index (χ3v) is 3.98. The molecular formula is C14H8Br2ClFO. The molecule has 0 atom stereocenters. The van der Waals surface area contributed by atoms with Crippen molar-refractivity contribution >= 4 is 49.2 Å². The quantitative estimate of drug-likeness (QED) is 0.621. The summed E-state index contributed by atoms with van der Waals surface area (Å²) in [6, 6.07) is 9.57. The van der Waals surface area contributed by atoms with E-state index in [4.69, 9.17) is 11.6 Å². The lowest BCUT2D eigenvalue weighted by Crippen LogP contribution is -2.06. The standard InChI is InChI=1S/C14H8Br2ClFO/c15-9-2-1-8(13(18)6-9)5-14(19)11-4-3-10(17)7-12(11)16/h1-4,6-7H,5H2. The average molecular weight is 406 g/mol. The minimum atomic E-state index is -0.396. The van der Waals surface area contributed by atoms with Gasteiger partial charge in [-0.15, -0.1) is 0 Å². The van der Waals surface area contributed by atoms with Gasteiger partial charge < -0.3 is 0 Å². The lowest BCUT2D eigenvalue weighted by Gasteiger charge is -2.06. The van der Waals surface area contributed by atoms with Gasteiger partial charge in [-0.3, -0.25) is 4.79 Å². The van der Waals surface area contributed by atoms with Crippen LogP contribution in [0.1, 0.15) is 15.9 Å². The number of rotatable bonds is 3. The van der Waals surface area contributed by atoms with Crippen molar-refractivity contribution in [2.75, 3.05) is 0 Å². The number of benzene rings is 2. The maximum absolute atomic E-state index is 13.7. The van der Waals surface area contributed by atoms with Crippen molar-refractivity contribution in [3.63, 3.8) is 0 Å². The molecule has 0 heterocycles. The summed E-state index contributed by atoms with van der Waals surface area (Å²) in [5.74, 6) is -0.558. The average Bonchev–Trinajstić information content (AvgIpc) is 2.32. The largest absolute Gasteiger partial charge is 0.294 e. The van der Waals surface area contributed by atoms with Crippen LogP contribution in [0.25, 0.3) is 0 Å². The highest BCUT2D eigenvalue weighted by Crippen LogP contribution is 2.24. The summed E-state index contributed by atoms with van der Waals surface area (Å²) in [5.41, 5.74) is 0.863. The van der Waals surface area contributed by atoms with Gasteiger partial charge in [0.15, 0.2) is 5.78 Å². The van der Waals surface area contributed by atoms with Crippen molar-refractivity contribution in [1.29, 1.82) is 0 Å². The highest BCUT2D eigenvalue weighted by molar-refractivity contribution is 9.10. The SMILES string of the molecule is O=C(Cc1ccc(Br)cc1F)c1ccc(Cl)cc1Br. The first-order valence-corrected chi connectivity index (χ1v) is 7.36. The molecule has 0 saturated carbocycles. The zero-order chi connectivity index (χ0) is 14.0. The van der Waals surface area contributed by atoms with E-state index in [0.717, 1.165) is 0 Å².